The number of hydrogen-bond acceptors (Lipinski definition) is 5. The normalized spacial score (nSPS) is 12.0. The zero-order chi connectivity index (χ0) is 17.1. The summed E-state index contributed by atoms with van der Waals surface area (Å²) in [5, 5.41) is 11.0. The van der Waals surface area contributed by atoms with Crippen LogP contribution in [0.15, 0.2) is 47.4 Å². The van der Waals surface area contributed by atoms with Gasteiger partial charge in [0.15, 0.2) is 11.7 Å². The summed E-state index contributed by atoms with van der Waals surface area (Å²) in [4.78, 5) is 17.6. The number of nitriles is 1. The number of fused-ring (bicyclic) bond motifs is 1. The number of ketones is 1. The van der Waals surface area contributed by atoms with E-state index in [0.29, 0.717) is 15.1 Å². The number of carbonyl (C=O) groups excluding carboxylic acids is 1. The van der Waals surface area contributed by atoms with Crippen LogP contribution in [0.25, 0.3) is 10.2 Å². The fourth-order valence-corrected chi connectivity index (χ4v) is 4.53. The van der Waals surface area contributed by atoms with Crippen LogP contribution in [0.3, 0.4) is 0 Å². The highest BCUT2D eigenvalue weighted by atomic mass is 35.5. The molecule has 1 aromatic heterocycles. The number of aromatic nitrogens is 1. The summed E-state index contributed by atoms with van der Waals surface area (Å²) in [6, 6.07) is 14.7. The summed E-state index contributed by atoms with van der Waals surface area (Å²) in [6.45, 7) is 0. The predicted octanol–water partition coefficient (Wildman–Crippen LogP) is 5.57. The number of Topliss-reactive ketones (excluding diaryl/α,β-unsaturated/α-hetero) is 1. The van der Waals surface area contributed by atoms with Crippen LogP contribution in [0, 0.1) is 11.3 Å². The molecular formula is C17H10Cl2N2OS2. The van der Waals surface area contributed by atoms with Gasteiger partial charge in [0.1, 0.15) is 5.01 Å². The molecule has 3 nitrogen and oxygen atoms in total. The molecule has 0 bridgehead atoms. The third kappa shape index (κ3) is 3.73. The first kappa shape index (κ1) is 17.2. The quantitative estimate of drug-likeness (QED) is 0.532. The second-order valence-electron chi connectivity index (χ2n) is 4.91. The Balaban J connectivity index is 1.77. The highest BCUT2D eigenvalue weighted by Crippen LogP contribution is 2.32. The van der Waals surface area contributed by atoms with Gasteiger partial charge in [0.2, 0.25) is 0 Å². The molecule has 3 rings (SSSR count). The van der Waals surface area contributed by atoms with Crippen LogP contribution in [0.1, 0.15) is 10.9 Å². The van der Waals surface area contributed by atoms with Gasteiger partial charge in [-0.3, -0.25) is 4.79 Å². The van der Waals surface area contributed by atoms with E-state index in [4.69, 9.17) is 23.2 Å². The fraction of sp³-hybridized carbons (Fsp3) is 0.118. The number of nitrogens with zero attached hydrogens (tertiary/aromatic N) is 2. The van der Waals surface area contributed by atoms with Crippen LogP contribution in [0.5, 0.6) is 0 Å². The number of rotatable bonds is 5. The van der Waals surface area contributed by atoms with Crippen molar-refractivity contribution in [1.29, 1.82) is 5.26 Å². The molecule has 1 heterocycles. The van der Waals surface area contributed by atoms with Gasteiger partial charge in [0.25, 0.3) is 0 Å². The standard InChI is InChI=1S/C17H10Cl2N2OS2/c18-10-5-6-12(19)16(7-10)23-9-14(22)11(8-20)17-21-13-3-1-2-4-15(13)24-17/h1-7,11H,9H2. The van der Waals surface area contributed by atoms with E-state index in [2.05, 4.69) is 11.1 Å². The molecule has 0 aliphatic heterocycles. The Hall–Kier alpha value is -1.58. The van der Waals surface area contributed by atoms with Crippen LogP contribution in [-0.2, 0) is 4.79 Å². The number of carbonyl (C=O) groups is 1. The lowest BCUT2D eigenvalue weighted by molar-refractivity contribution is -0.116. The SMILES string of the molecule is N#CC(C(=O)CSc1cc(Cl)ccc1Cl)c1nc2ccccc2s1. The predicted molar refractivity (Wildman–Crippen MR) is 100 cm³/mol. The number of halogens is 2. The second-order valence-corrected chi connectivity index (χ2v) is 7.83. The molecule has 2 aromatic carbocycles. The molecule has 3 aromatic rings. The summed E-state index contributed by atoms with van der Waals surface area (Å²) in [6.07, 6.45) is 0. The summed E-state index contributed by atoms with van der Waals surface area (Å²) >= 11 is 14.7. The van der Waals surface area contributed by atoms with Crippen molar-refractivity contribution in [2.75, 3.05) is 5.75 Å². The summed E-state index contributed by atoms with van der Waals surface area (Å²) < 4.78 is 0.964. The van der Waals surface area contributed by atoms with E-state index in [1.54, 1.807) is 18.2 Å². The number of thioether (sulfide) groups is 1. The summed E-state index contributed by atoms with van der Waals surface area (Å²) in [7, 11) is 0. The minimum Gasteiger partial charge on any atom is -0.297 e. The average Bonchev–Trinajstić information content (AvgIpc) is 3.00. The third-order valence-electron chi connectivity index (χ3n) is 3.27. The minimum atomic E-state index is -0.868. The van der Waals surface area contributed by atoms with Gasteiger partial charge in [-0.05, 0) is 30.3 Å². The first-order chi connectivity index (χ1) is 11.6. The lowest BCUT2D eigenvalue weighted by atomic mass is 10.1. The Morgan fingerprint density at radius 2 is 2.08 bits per heavy atom. The zero-order valence-corrected chi connectivity index (χ0v) is 15.3. The second kappa shape index (κ2) is 7.54. The smallest absolute Gasteiger partial charge is 0.167 e. The van der Waals surface area contributed by atoms with Crippen molar-refractivity contribution >= 4 is 62.3 Å². The Kier molecular flexibility index (Phi) is 5.42. The molecule has 0 saturated heterocycles. The fourth-order valence-electron chi connectivity index (χ4n) is 2.10. The maximum Gasteiger partial charge on any atom is 0.167 e. The lowest BCUT2D eigenvalue weighted by Gasteiger charge is -2.06. The summed E-state index contributed by atoms with van der Waals surface area (Å²) in [5.41, 5.74) is 0.802. The van der Waals surface area contributed by atoms with E-state index < -0.39 is 5.92 Å². The first-order valence-corrected chi connectivity index (χ1v) is 9.50. The van der Waals surface area contributed by atoms with E-state index in [1.807, 2.05) is 24.3 Å². The molecule has 0 radical (unpaired) electrons. The molecule has 0 aliphatic rings. The molecule has 0 saturated carbocycles. The van der Waals surface area contributed by atoms with E-state index in [-0.39, 0.29) is 11.5 Å². The van der Waals surface area contributed by atoms with Gasteiger partial charge in [0.05, 0.1) is 27.1 Å². The maximum absolute atomic E-state index is 12.5. The van der Waals surface area contributed by atoms with Gasteiger partial charge in [-0.15, -0.1) is 23.1 Å². The van der Waals surface area contributed by atoms with E-state index in [0.717, 1.165) is 15.1 Å². The number of benzene rings is 2. The summed E-state index contributed by atoms with van der Waals surface area (Å²) in [5.74, 6) is -0.931. The Morgan fingerprint density at radius 1 is 1.29 bits per heavy atom. The van der Waals surface area contributed by atoms with Gasteiger partial charge >= 0.3 is 0 Å². The molecule has 0 fully saturated rings. The van der Waals surface area contributed by atoms with Gasteiger partial charge in [-0.1, -0.05) is 35.3 Å². The maximum atomic E-state index is 12.5. The van der Waals surface area contributed by atoms with Crippen LogP contribution in [0.4, 0.5) is 0 Å². The number of thiazole rings is 1. The molecule has 120 valence electrons. The van der Waals surface area contributed by atoms with Crippen LogP contribution >= 0.6 is 46.3 Å². The number of hydrogen-bond donors (Lipinski definition) is 0. The topological polar surface area (TPSA) is 53.8 Å². The minimum absolute atomic E-state index is 0.133. The molecule has 0 N–H and O–H groups in total. The molecule has 0 amide bonds. The Labute approximate surface area is 157 Å². The zero-order valence-electron chi connectivity index (χ0n) is 12.2. The van der Waals surface area contributed by atoms with Crippen molar-refractivity contribution in [3.8, 4) is 6.07 Å². The van der Waals surface area contributed by atoms with Crippen molar-refractivity contribution in [2.24, 2.45) is 0 Å². The monoisotopic (exact) mass is 392 g/mol. The molecular weight excluding hydrogens is 383 g/mol. The molecule has 0 aliphatic carbocycles. The third-order valence-corrected chi connectivity index (χ3v) is 6.13. The Bertz CT molecular complexity index is 916. The van der Waals surface area contributed by atoms with Gasteiger partial charge in [-0.25, -0.2) is 4.98 Å². The van der Waals surface area contributed by atoms with Crippen LogP contribution in [-0.4, -0.2) is 16.5 Å². The van der Waals surface area contributed by atoms with Crippen molar-refractivity contribution in [3.05, 3.63) is 57.5 Å². The van der Waals surface area contributed by atoms with Gasteiger partial charge in [0, 0.05) is 9.92 Å². The van der Waals surface area contributed by atoms with E-state index >= 15 is 0 Å². The molecule has 24 heavy (non-hydrogen) atoms. The number of para-hydroxylation sites is 1. The Morgan fingerprint density at radius 3 is 2.83 bits per heavy atom. The van der Waals surface area contributed by atoms with Gasteiger partial charge in [-0.2, -0.15) is 5.26 Å². The van der Waals surface area contributed by atoms with E-state index in [9.17, 15) is 10.1 Å². The van der Waals surface area contributed by atoms with Crippen molar-refractivity contribution < 1.29 is 4.79 Å². The lowest BCUT2D eigenvalue weighted by Crippen LogP contribution is -2.13. The van der Waals surface area contributed by atoms with Crippen LogP contribution in [0.2, 0.25) is 10.0 Å². The van der Waals surface area contributed by atoms with Crippen molar-refractivity contribution in [2.45, 2.75) is 10.8 Å². The van der Waals surface area contributed by atoms with Gasteiger partial charge < -0.3 is 0 Å². The molecule has 1 unspecified atom stereocenters. The molecule has 7 heteroatoms. The average molecular weight is 393 g/mol. The largest absolute Gasteiger partial charge is 0.297 e. The van der Waals surface area contributed by atoms with Crippen molar-refractivity contribution in [1.82, 2.24) is 4.98 Å². The highest BCUT2D eigenvalue weighted by molar-refractivity contribution is 8.00. The highest BCUT2D eigenvalue weighted by Gasteiger charge is 2.24. The molecule has 0 spiro atoms. The molecule has 1 atom stereocenters. The van der Waals surface area contributed by atoms with Crippen LogP contribution < -0.4 is 0 Å². The first-order valence-electron chi connectivity index (χ1n) is 6.94. The van der Waals surface area contributed by atoms with Crippen molar-refractivity contribution in [3.63, 3.8) is 0 Å². The van der Waals surface area contributed by atoms with E-state index in [1.165, 1.54) is 23.1 Å².